The van der Waals surface area contributed by atoms with E-state index in [1.807, 2.05) is 31.2 Å². The highest BCUT2D eigenvalue weighted by molar-refractivity contribution is 6.31. The molecule has 0 saturated carbocycles. The SMILES string of the molecule is COc1cc(Cl)c(C)cc1NC(=O)c1cc(NC(C)c2ccccc2)ccn1. The van der Waals surface area contributed by atoms with Gasteiger partial charge in [-0.2, -0.15) is 0 Å². The maximum absolute atomic E-state index is 12.7. The van der Waals surface area contributed by atoms with E-state index >= 15 is 0 Å². The smallest absolute Gasteiger partial charge is 0.274 e. The van der Waals surface area contributed by atoms with Crippen molar-refractivity contribution in [3.8, 4) is 5.75 Å². The summed E-state index contributed by atoms with van der Waals surface area (Å²) in [6, 6.07) is 17.2. The van der Waals surface area contributed by atoms with Gasteiger partial charge >= 0.3 is 0 Å². The molecule has 1 atom stereocenters. The van der Waals surface area contributed by atoms with E-state index in [-0.39, 0.29) is 11.9 Å². The predicted octanol–water partition coefficient (Wildman–Crippen LogP) is 5.48. The molecule has 2 aromatic carbocycles. The molecule has 0 aliphatic carbocycles. The Balaban J connectivity index is 1.77. The van der Waals surface area contributed by atoms with Crippen LogP contribution in [0.2, 0.25) is 5.02 Å². The lowest BCUT2D eigenvalue weighted by Gasteiger charge is -2.16. The molecule has 1 heterocycles. The molecule has 0 saturated heterocycles. The summed E-state index contributed by atoms with van der Waals surface area (Å²) in [5, 5.41) is 6.82. The van der Waals surface area contributed by atoms with Crippen molar-refractivity contribution < 1.29 is 9.53 Å². The lowest BCUT2D eigenvalue weighted by Crippen LogP contribution is -2.15. The van der Waals surface area contributed by atoms with Gasteiger partial charge in [0.1, 0.15) is 11.4 Å². The number of halogens is 1. The van der Waals surface area contributed by atoms with Crippen molar-refractivity contribution in [2.24, 2.45) is 0 Å². The number of nitrogens with zero attached hydrogens (tertiary/aromatic N) is 1. The molecular formula is C22H22ClN3O2. The molecule has 3 aromatic rings. The molecule has 1 unspecified atom stereocenters. The fourth-order valence-corrected chi connectivity index (χ4v) is 2.99. The second-order valence-electron chi connectivity index (χ2n) is 6.46. The Kier molecular flexibility index (Phi) is 6.16. The topological polar surface area (TPSA) is 63.2 Å². The molecule has 1 amide bonds. The second kappa shape index (κ2) is 8.76. The van der Waals surface area contributed by atoms with E-state index in [2.05, 4.69) is 34.7 Å². The Labute approximate surface area is 169 Å². The number of methoxy groups -OCH3 is 1. The number of hydrogen-bond acceptors (Lipinski definition) is 4. The molecule has 0 spiro atoms. The molecule has 144 valence electrons. The summed E-state index contributed by atoms with van der Waals surface area (Å²) < 4.78 is 5.31. The van der Waals surface area contributed by atoms with Gasteiger partial charge in [-0.05, 0) is 43.2 Å². The summed E-state index contributed by atoms with van der Waals surface area (Å²) in [5.74, 6) is 0.173. The van der Waals surface area contributed by atoms with Gasteiger partial charge in [-0.3, -0.25) is 9.78 Å². The normalized spacial score (nSPS) is 11.6. The average molecular weight is 396 g/mol. The first-order valence-corrected chi connectivity index (χ1v) is 9.28. The first-order valence-electron chi connectivity index (χ1n) is 8.91. The van der Waals surface area contributed by atoms with E-state index in [1.165, 1.54) is 7.11 Å². The number of pyridine rings is 1. The third-order valence-corrected chi connectivity index (χ3v) is 4.81. The summed E-state index contributed by atoms with van der Waals surface area (Å²) in [6.07, 6.45) is 1.61. The van der Waals surface area contributed by atoms with Gasteiger partial charge in [0.25, 0.3) is 5.91 Å². The van der Waals surface area contributed by atoms with Crippen LogP contribution < -0.4 is 15.4 Å². The molecule has 0 bridgehead atoms. The number of carbonyl (C=O) groups excluding carboxylic acids is 1. The van der Waals surface area contributed by atoms with Gasteiger partial charge in [0.15, 0.2) is 0 Å². The Morgan fingerprint density at radius 2 is 1.89 bits per heavy atom. The van der Waals surface area contributed by atoms with E-state index in [1.54, 1.807) is 24.4 Å². The van der Waals surface area contributed by atoms with E-state index in [0.717, 1.165) is 16.8 Å². The summed E-state index contributed by atoms with van der Waals surface area (Å²) in [4.78, 5) is 16.9. The maximum atomic E-state index is 12.7. The van der Waals surface area contributed by atoms with Gasteiger partial charge in [0.2, 0.25) is 0 Å². The monoisotopic (exact) mass is 395 g/mol. The van der Waals surface area contributed by atoms with E-state index in [4.69, 9.17) is 16.3 Å². The lowest BCUT2D eigenvalue weighted by atomic mass is 10.1. The number of amides is 1. The van der Waals surface area contributed by atoms with Crippen LogP contribution in [0.25, 0.3) is 0 Å². The van der Waals surface area contributed by atoms with Gasteiger partial charge in [-0.1, -0.05) is 41.9 Å². The standard InChI is InChI=1S/C22H22ClN3O2/c1-14-11-19(21(28-3)13-18(14)23)26-22(27)20-12-17(9-10-24-20)25-15(2)16-7-5-4-6-8-16/h4-13,15H,1-3H3,(H,24,25)(H,26,27). The Morgan fingerprint density at radius 1 is 1.14 bits per heavy atom. The van der Waals surface area contributed by atoms with Crippen molar-refractivity contribution >= 4 is 28.9 Å². The van der Waals surface area contributed by atoms with Crippen LogP contribution in [-0.4, -0.2) is 18.0 Å². The van der Waals surface area contributed by atoms with Gasteiger partial charge < -0.3 is 15.4 Å². The van der Waals surface area contributed by atoms with Crippen LogP contribution in [0.4, 0.5) is 11.4 Å². The highest BCUT2D eigenvalue weighted by atomic mass is 35.5. The van der Waals surface area contributed by atoms with E-state index in [0.29, 0.717) is 22.2 Å². The van der Waals surface area contributed by atoms with Crippen LogP contribution >= 0.6 is 11.6 Å². The number of aromatic nitrogens is 1. The molecular weight excluding hydrogens is 374 g/mol. The number of ether oxygens (including phenoxy) is 1. The molecule has 5 nitrogen and oxygen atoms in total. The largest absolute Gasteiger partial charge is 0.495 e. The van der Waals surface area contributed by atoms with Crippen LogP contribution in [0, 0.1) is 6.92 Å². The van der Waals surface area contributed by atoms with E-state index in [9.17, 15) is 4.79 Å². The van der Waals surface area contributed by atoms with Crippen molar-refractivity contribution in [3.05, 3.63) is 82.6 Å². The zero-order valence-electron chi connectivity index (χ0n) is 16.0. The van der Waals surface area contributed by atoms with Crippen molar-refractivity contribution in [1.29, 1.82) is 0 Å². The third kappa shape index (κ3) is 4.61. The molecule has 3 rings (SSSR count). The third-order valence-electron chi connectivity index (χ3n) is 4.40. The molecule has 0 aliphatic rings. The average Bonchev–Trinajstić information content (AvgIpc) is 2.71. The molecule has 0 fully saturated rings. The lowest BCUT2D eigenvalue weighted by molar-refractivity contribution is 0.102. The van der Waals surface area contributed by atoms with Crippen LogP contribution in [0.3, 0.4) is 0 Å². The molecule has 2 N–H and O–H groups in total. The zero-order valence-corrected chi connectivity index (χ0v) is 16.7. The molecule has 0 aliphatic heterocycles. The number of rotatable bonds is 6. The second-order valence-corrected chi connectivity index (χ2v) is 6.87. The van der Waals surface area contributed by atoms with Gasteiger partial charge in [0.05, 0.1) is 12.8 Å². The number of anilines is 2. The number of hydrogen-bond donors (Lipinski definition) is 2. The fraction of sp³-hybridized carbons (Fsp3) is 0.182. The molecule has 6 heteroatoms. The minimum atomic E-state index is -0.323. The Morgan fingerprint density at radius 3 is 2.61 bits per heavy atom. The minimum Gasteiger partial charge on any atom is -0.495 e. The highest BCUT2D eigenvalue weighted by Crippen LogP contribution is 2.31. The molecule has 28 heavy (non-hydrogen) atoms. The van der Waals surface area contributed by atoms with Crippen molar-refractivity contribution in [3.63, 3.8) is 0 Å². The fourth-order valence-electron chi connectivity index (χ4n) is 2.84. The number of nitrogens with one attached hydrogen (secondary N) is 2. The quantitative estimate of drug-likeness (QED) is 0.580. The maximum Gasteiger partial charge on any atom is 0.274 e. The van der Waals surface area contributed by atoms with Crippen LogP contribution in [0.15, 0.2) is 60.8 Å². The van der Waals surface area contributed by atoms with Gasteiger partial charge in [0, 0.05) is 29.0 Å². The first-order chi connectivity index (χ1) is 13.5. The van der Waals surface area contributed by atoms with Crippen molar-refractivity contribution in [1.82, 2.24) is 4.98 Å². The Hall–Kier alpha value is -3.05. The number of benzene rings is 2. The highest BCUT2D eigenvalue weighted by Gasteiger charge is 2.14. The predicted molar refractivity (Wildman–Crippen MR) is 113 cm³/mol. The van der Waals surface area contributed by atoms with Gasteiger partial charge in [-0.25, -0.2) is 0 Å². The summed E-state index contributed by atoms with van der Waals surface area (Å²) in [5.41, 5.74) is 3.67. The van der Waals surface area contributed by atoms with Crippen molar-refractivity contribution in [2.45, 2.75) is 19.9 Å². The summed E-state index contributed by atoms with van der Waals surface area (Å²) in [6.45, 7) is 3.93. The minimum absolute atomic E-state index is 0.0959. The summed E-state index contributed by atoms with van der Waals surface area (Å²) >= 11 is 6.12. The van der Waals surface area contributed by atoms with Crippen LogP contribution in [0.1, 0.15) is 34.6 Å². The number of carbonyl (C=O) groups is 1. The molecule has 1 aromatic heterocycles. The summed E-state index contributed by atoms with van der Waals surface area (Å²) in [7, 11) is 1.53. The van der Waals surface area contributed by atoms with Crippen LogP contribution in [0.5, 0.6) is 5.75 Å². The zero-order chi connectivity index (χ0) is 20.1. The first kappa shape index (κ1) is 19.7. The Bertz CT molecular complexity index is 977. The number of aryl methyl sites for hydroxylation is 1. The van der Waals surface area contributed by atoms with E-state index < -0.39 is 0 Å². The van der Waals surface area contributed by atoms with Gasteiger partial charge in [-0.15, -0.1) is 0 Å². The van der Waals surface area contributed by atoms with Crippen LogP contribution in [-0.2, 0) is 0 Å². The molecule has 0 radical (unpaired) electrons. The van der Waals surface area contributed by atoms with Crippen molar-refractivity contribution in [2.75, 3.05) is 17.7 Å².